The van der Waals surface area contributed by atoms with E-state index in [1.807, 2.05) is 14.1 Å². The Bertz CT molecular complexity index is 399. The SMILES string of the molecule is COC(=O)CCSc1nc(N)nc(N(C)C)n1. The molecular weight excluding hydrogens is 242 g/mol. The number of aromatic nitrogens is 3. The number of nitrogens with zero attached hydrogens (tertiary/aromatic N) is 4. The molecule has 0 aliphatic rings. The largest absolute Gasteiger partial charge is 0.469 e. The van der Waals surface area contributed by atoms with Gasteiger partial charge in [0.25, 0.3) is 0 Å². The Hall–Kier alpha value is -1.57. The van der Waals surface area contributed by atoms with Gasteiger partial charge in [0.05, 0.1) is 13.5 Å². The molecule has 17 heavy (non-hydrogen) atoms. The number of nitrogens with two attached hydrogens (primary N) is 1. The van der Waals surface area contributed by atoms with Crippen LogP contribution in [-0.4, -0.2) is 47.9 Å². The number of hydrogen-bond acceptors (Lipinski definition) is 8. The van der Waals surface area contributed by atoms with E-state index in [1.54, 1.807) is 4.90 Å². The summed E-state index contributed by atoms with van der Waals surface area (Å²) in [5, 5.41) is 0.505. The highest BCUT2D eigenvalue weighted by atomic mass is 32.2. The first kappa shape index (κ1) is 13.5. The van der Waals surface area contributed by atoms with Crippen molar-refractivity contribution >= 4 is 29.6 Å². The van der Waals surface area contributed by atoms with Crippen LogP contribution in [0.25, 0.3) is 0 Å². The lowest BCUT2D eigenvalue weighted by Crippen LogP contribution is -2.15. The van der Waals surface area contributed by atoms with Crippen molar-refractivity contribution in [3.05, 3.63) is 0 Å². The first-order valence-corrected chi connectivity index (χ1v) is 5.90. The van der Waals surface area contributed by atoms with Gasteiger partial charge in [0.15, 0.2) is 5.16 Å². The summed E-state index contributed by atoms with van der Waals surface area (Å²) >= 11 is 1.34. The fraction of sp³-hybridized carbons (Fsp3) is 0.556. The topological polar surface area (TPSA) is 94.2 Å². The van der Waals surface area contributed by atoms with Crippen molar-refractivity contribution in [3.63, 3.8) is 0 Å². The molecule has 0 aliphatic heterocycles. The van der Waals surface area contributed by atoms with Gasteiger partial charge in [-0.2, -0.15) is 15.0 Å². The number of carbonyl (C=O) groups is 1. The Morgan fingerprint density at radius 1 is 1.41 bits per heavy atom. The summed E-state index contributed by atoms with van der Waals surface area (Å²) in [6.45, 7) is 0. The standard InChI is InChI=1S/C9H15N5O2S/c1-14(2)8-11-7(10)12-9(13-8)17-5-4-6(15)16-3/h4-5H2,1-3H3,(H2,10,11,12,13). The summed E-state index contributed by atoms with van der Waals surface area (Å²) in [6, 6.07) is 0. The molecule has 0 bridgehead atoms. The van der Waals surface area contributed by atoms with Crippen LogP contribution < -0.4 is 10.6 Å². The molecule has 0 spiro atoms. The van der Waals surface area contributed by atoms with E-state index in [9.17, 15) is 4.79 Å². The van der Waals surface area contributed by atoms with Crippen LogP contribution in [0.15, 0.2) is 5.16 Å². The molecule has 1 heterocycles. The smallest absolute Gasteiger partial charge is 0.306 e. The van der Waals surface area contributed by atoms with Gasteiger partial charge in [0.2, 0.25) is 11.9 Å². The van der Waals surface area contributed by atoms with Crippen LogP contribution in [0.3, 0.4) is 0 Å². The number of rotatable bonds is 5. The molecule has 0 aromatic carbocycles. The zero-order valence-corrected chi connectivity index (χ0v) is 10.8. The molecule has 0 atom stereocenters. The van der Waals surface area contributed by atoms with Gasteiger partial charge in [-0.1, -0.05) is 11.8 Å². The second-order valence-electron chi connectivity index (χ2n) is 3.35. The number of methoxy groups -OCH3 is 1. The quantitative estimate of drug-likeness (QED) is 0.589. The molecule has 7 nitrogen and oxygen atoms in total. The molecule has 1 aromatic heterocycles. The van der Waals surface area contributed by atoms with Gasteiger partial charge in [-0.3, -0.25) is 4.79 Å². The molecule has 0 amide bonds. The molecule has 2 N–H and O–H groups in total. The van der Waals surface area contributed by atoms with Gasteiger partial charge in [-0.05, 0) is 0 Å². The molecule has 1 aromatic rings. The summed E-state index contributed by atoms with van der Waals surface area (Å²) < 4.78 is 4.54. The van der Waals surface area contributed by atoms with Crippen LogP contribution in [0.1, 0.15) is 6.42 Å². The summed E-state index contributed by atoms with van der Waals surface area (Å²) in [6.07, 6.45) is 0.310. The van der Waals surface area contributed by atoms with Crippen LogP contribution in [0.5, 0.6) is 0 Å². The maximum absolute atomic E-state index is 10.9. The van der Waals surface area contributed by atoms with Crippen molar-refractivity contribution in [1.82, 2.24) is 15.0 Å². The Labute approximate surface area is 104 Å². The molecule has 94 valence electrons. The number of anilines is 2. The Morgan fingerprint density at radius 3 is 2.71 bits per heavy atom. The van der Waals surface area contributed by atoms with Gasteiger partial charge in [0, 0.05) is 19.8 Å². The van der Waals surface area contributed by atoms with Crippen molar-refractivity contribution in [2.75, 3.05) is 37.6 Å². The highest BCUT2D eigenvalue weighted by Gasteiger charge is 2.08. The van der Waals surface area contributed by atoms with Crippen molar-refractivity contribution < 1.29 is 9.53 Å². The van der Waals surface area contributed by atoms with Crippen LogP contribution in [0.4, 0.5) is 11.9 Å². The van der Waals surface area contributed by atoms with Gasteiger partial charge in [-0.15, -0.1) is 0 Å². The van der Waals surface area contributed by atoms with Gasteiger partial charge < -0.3 is 15.4 Å². The minimum atomic E-state index is -0.257. The predicted octanol–water partition coefficient (Wildman–Crippen LogP) is 0.175. The molecule has 0 aliphatic carbocycles. The van der Waals surface area contributed by atoms with Crippen molar-refractivity contribution in [2.45, 2.75) is 11.6 Å². The second-order valence-corrected chi connectivity index (χ2v) is 4.41. The van der Waals surface area contributed by atoms with Crippen LogP contribution in [0.2, 0.25) is 0 Å². The Kier molecular flexibility index (Phi) is 4.95. The number of ether oxygens (including phenoxy) is 1. The van der Waals surface area contributed by atoms with Crippen LogP contribution in [-0.2, 0) is 9.53 Å². The number of hydrogen-bond donors (Lipinski definition) is 1. The second kappa shape index (κ2) is 6.24. The maximum Gasteiger partial charge on any atom is 0.306 e. The van der Waals surface area contributed by atoms with Crippen molar-refractivity contribution in [3.8, 4) is 0 Å². The normalized spacial score (nSPS) is 10.1. The van der Waals surface area contributed by atoms with Gasteiger partial charge >= 0.3 is 5.97 Å². The van der Waals surface area contributed by atoms with E-state index < -0.39 is 0 Å². The molecule has 0 saturated carbocycles. The first-order valence-electron chi connectivity index (χ1n) is 4.91. The lowest BCUT2D eigenvalue weighted by Gasteiger charge is -2.10. The molecule has 8 heteroatoms. The highest BCUT2D eigenvalue weighted by molar-refractivity contribution is 7.99. The molecule has 0 radical (unpaired) electrons. The van der Waals surface area contributed by atoms with E-state index in [4.69, 9.17) is 5.73 Å². The fourth-order valence-electron chi connectivity index (χ4n) is 0.953. The minimum Gasteiger partial charge on any atom is -0.469 e. The van der Waals surface area contributed by atoms with Crippen LogP contribution in [0, 0.1) is 0 Å². The maximum atomic E-state index is 10.9. The van der Waals surface area contributed by atoms with E-state index >= 15 is 0 Å². The molecule has 0 unspecified atom stereocenters. The third-order valence-corrected chi connectivity index (χ3v) is 2.63. The number of nitrogen functional groups attached to an aromatic ring is 1. The lowest BCUT2D eigenvalue weighted by atomic mass is 10.5. The van der Waals surface area contributed by atoms with E-state index in [2.05, 4.69) is 19.7 Å². The summed E-state index contributed by atoms with van der Waals surface area (Å²) in [5.74, 6) is 0.956. The fourth-order valence-corrected chi connectivity index (χ4v) is 1.71. The third-order valence-electron chi connectivity index (χ3n) is 1.79. The van der Waals surface area contributed by atoms with Gasteiger partial charge in [-0.25, -0.2) is 0 Å². The third kappa shape index (κ3) is 4.43. The Balaban J connectivity index is 2.62. The highest BCUT2D eigenvalue weighted by Crippen LogP contribution is 2.17. The number of carbonyl (C=O) groups excluding carboxylic acids is 1. The predicted molar refractivity (Wildman–Crippen MR) is 65.9 cm³/mol. The van der Waals surface area contributed by atoms with E-state index in [-0.39, 0.29) is 11.9 Å². The summed E-state index contributed by atoms with van der Waals surface area (Å²) in [7, 11) is 4.99. The minimum absolute atomic E-state index is 0.171. The molecule has 0 saturated heterocycles. The van der Waals surface area contributed by atoms with Crippen LogP contribution >= 0.6 is 11.8 Å². The monoisotopic (exact) mass is 257 g/mol. The lowest BCUT2D eigenvalue weighted by molar-refractivity contribution is -0.140. The van der Waals surface area contributed by atoms with Crippen molar-refractivity contribution in [1.29, 1.82) is 0 Å². The first-order chi connectivity index (χ1) is 8.02. The van der Waals surface area contributed by atoms with E-state index in [0.717, 1.165) is 0 Å². The Morgan fingerprint density at radius 2 is 2.12 bits per heavy atom. The molecule has 1 rings (SSSR count). The average Bonchev–Trinajstić information content (AvgIpc) is 2.28. The zero-order valence-electron chi connectivity index (χ0n) is 10.0. The zero-order chi connectivity index (χ0) is 12.8. The summed E-state index contributed by atoms with van der Waals surface area (Å²) in [5.41, 5.74) is 5.56. The van der Waals surface area contributed by atoms with E-state index in [0.29, 0.717) is 23.3 Å². The van der Waals surface area contributed by atoms with Gasteiger partial charge in [0.1, 0.15) is 0 Å². The van der Waals surface area contributed by atoms with E-state index in [1.165, 1.54) is 18.9 Å². The average molecular weight is 257 g/mol. The number of thioether (sulfide) groups is 1. The number of esters is 1. The molecular formula is C9H15N5O2S. The summed E-state index contributed by atoms with van der Waals surface area (Å²) in [4.78, 5) is 24.8. The van der Waals surface area contributed by atoms with Crippen molar-refractivity contribution in [2.24, 2.45) is 0 Å². The molecule has 0 fully saturated rings.